The first-order valence-corrected chi connectivity index (χ1v) is 11.2. The number of ketones is 1. The number of anilines is 1. The maximum atomic E-state index is 11.3. The number of aromatic nitrogens is 1. The highest BCUT2D eigenvalue weighted by Gasteiger charge is 2.27. The lowest BCUT2D eigenvalue weighted by atomic mass is 9.78. The topological polar surface area (TPSA) is 45.7 Å². The summed E-state index contributed by atoms with van der Waals surface area (Å²) in [5, 5.41) is 0. The Morgan fingerprint density at radius 2 is 1.86 bits per heavy atom. The van der Waals surface area contributed by atoms with Gasteiger partial charge >= 0.3 is 0 Å². The number of Topliss-reactive ketones (excluding diaryl/α,β-unsaturated/α-hetero) is 1. The Kier molecular flexibility index (Phi) is 6.19. The second kappa shape index (κ2) is 8.81. The van der Waals surface area contributed by atoms with Crippen molar-refractivity contribution >= 4 is 11.6 Å². The average molecular weight is 386 g/mol. The quantitative estimate of drug-likeness (QED) is 0.748. The lowest BCUT2D eigenvalue weighted by Gasteiger charge is -2.37. The van der Waals surface area contributed by atoms with E-state index in [4.69, 9.17) is 9.72 Å². The Balaban J connectivity index is 1.22. The maximum Gasteiger partial charge on any atom is 0.135 e. The molecule has 2 aliphatic heterocycles. The van der Waals surface area contributed by atoms with Crippen molar-refractivity contribution in [3.63, 3.8) is 0 Å². The molecule has 3 heterocycles. The standard InChI is InChI=1S/C23H35N3O2/c1-17-16-24-23(21-8-14-28-22(17)21)26-12-10-25(11-13-26)9-7-19-3-5-20(6-4-19)15-18(2)27/h16,19-20H,3-15H2,1-2H3. The fraction of sp³-hybridized carbons (Fsp3) is 0.739. The monoisotopic (exact) mass is 385 g/mol. The molecule has 0 spiro atoms. The van der Waals surface area contributed by atoms with Gasteiger partial charge in [-0.05, 0) is 51.5 Å². The van der Waals surface area contributed by atoms with Crippen LogP contribution >= 0.6 is 0 Å². The summed E-state index contributed by atoms with van der Waals surface area (Å²) in [6.45, 7) is 10.2. The molecule has 3 aliphatic rings. The maximum absolute atomic E-state index is 11.3. The minimum atomic E-state index is 0.363. The molecule has 0 N–H and O–H groups in total. The van der Waals surface area contributed by atoms with Gasteiger partial charge in [0.2, 0.25) is 0 Å². The van der Waals surface area contributed by atoms with Crippen molar-refractivity contribution in [2.24, 2.45) is 11.8 Å². The molecule has 0 aromatic carbocycles. The first-order valence-electron chi connectivity index (χ1n) is 11.2. The van der Waals surface area contributed by atoms with Crippen LogP contribution in [0.5, 0.6) is 5.75 Å². The Morgan fingerprint density at radius 3 is 2.57 bits per heavy atom. The Hall–Kier alpha value is -1.62. The summed E-state index contributed by atoms with van der Waals surface area (Å²) in [4.78, 5) is 21.1. The summed E-state index contributed by atoms with van der Waals surface area (Å²) in [5.41, 5.74) is 2.48. The molecule has 0 bridgehead atoms. The predicted octanol–water partition coefficient (Wildman–Crippen LogP) is 3.62. The number of rotatable bonds is 6. The summed E-state index contributed by atoms with van der Waals surface area (Å²) >= 11 is 0. The van der Waals surface area contributed by atoms with Gasteiger partial charge in [-0.3, -0.25) is 4.90 Å². The number of fused-ring (bicyclic) bond motifs is 1. The second-order valence-corrected chi connectivity index (χ2v) is 9.08. The van der Waals surface area contributed by atoms with Crippen LogP contribution in [0.3, 0.4) is 0 Å². The Morgan fingerprint density at radius 1 is 1.14 bits per heavy atom. The van der Waals surface area contributed by atoms with Crippen LogP contribution < -0.4 is 9.64 Å². The van der Waals surface area contributed by atoms with E-state index >= 15 is 0 Å². The van der Waals surface area contributed by atoms with E-state index in [9.17, 15) is 4.79 Å². The van der Waals surface area contributed by atoms with Gasteiger partial charge in [-0.25, -0.2) is 4.98 Å². The molecule has 0 radical (unpaired) electrons. The molecule has 0 amide bonds. The minimum Gasteiger partial charge on any atom is -0.492 e. The van der Waals surface area contributed by atoms with E-state index in [-0.39, 0.29) is 0 Å². The number of piperazine rings is 1. The van der Waals surface area contributed by atoms with Gasteiger partial charge in [-0.2, -0.15) is 0 Å². The van der Waals surface area contributed by atoms with Gasteiger partial charge in [-0.15, -0.1) is 0 Å². The molecule has 2 fully saturated rings. The third-order valence-electron chi connectivity index (χ3n) is 6.95. The van der Waals surface area contributed by atoms with E-state index in [2.05, 4.69) is 16.7 Å². The van der Waals surface area contributed by atoms with Crippen LogP contribution in [-0.4, -0.2) is 55.0 Å². The third kappa shape index (κ3) is 4.51. The van der Waals surface area contributed by atoms with Crippen LogP contribution in [0.1, 0.15) is 56.6 Å². The molecule has 1 aromatic rings. The number of carbonyl (C=O) groups is 1. The predicted molar refractivity (Wildman–Crippen MR) is 112 cm³/mol. The zero-order valence-corrected chi connectivity index (χ0v) is 17.6. The molecule has 4 rings (SSSR count). The molecule has 1 aromatic heterocycles. The van der Waals surface area contributed by atoms with Gasteiger partial charge < -0.3 is 14.4 Å². The summed E-state index contributed by atoms with van der Waals surface area (Å²) in [6, 6.07) is 0. The fourth-order valence-corrected chi connectivity index (χ4v) is 5.27. The second-order valence-electron chi connectivity index (χ2n) is 9.08. The number of nitrogens with zero attached hydrogens (tertiary/aromatic N) is 3. The number of hydrogen-bond donors (Lipinski definition) is 0. The third-order valence-corrected chi connectivity index (χ3v) is 6.95. The van der Waals surface area contributed by atoms with Crippen LogP contribution in [-0.2, 0) is 11.2 Å². The SMILES string of the molecule is CC(=O)CC1CCC(CCN2CCN(c3ncc(C)c4c3CCO4)CC2)CC1. The Bertz CT molecular complexity index is 689. The molecular formula is C23H35N3O2. The van der Waals surface area contributed by atoms with E-state index in [0.29, 0.717) is 11.7 Å². The zero-order valence-electron chi connectivity index (χ0n) is 17.6. The van der Waals surface area contributed by atoms with Crippen molar-refractivity contribution in [1.82, 2.24) is 9.88 Å². The first-order chi connectivity index (χ1) is 13.6. The molecule has 0 unspecified atom stereocenters. The number of pyridine rings is 1. The number of aryl methyl sites for hydroxylation is 1. The lowest BCUT2D eigenvalue weighted by Crippen LogP contribution is -2.47. The molecule has 154 valence electrons. The van der Waals surface area contributed by atoms with Crippen molar-refractivity contribution < 1.29 is 9.53 Å². The largest absolute Gasteiger partial charge is 0.492 e. The van der Waals surface area contributed by atoms with Crippen molar-refractivity contribution in [1.29, 1.82) is 0 Å². The summed E-state index contributed by atoms with van der Waals surface area (Å²) in [5.74, 6) is 4.11. The van der Waals surface area contributed by atoms with Gasteiger partial charge in [-0.1, -0.05) is 12.8 Å². The highest BCUT2D eigenvalue weighted by atomic mass is 16.5. The molecule has 28 heavy (non-hydrogen) atoms. The number of hydrogen-bond acceptors (Lipinski definition) is 5. The van der Waals surface area contributed by atoms with E-state index in [0.717, 1.165) is 68.7 Å². The van der Waals surface area contributed by atoms with Crippen LogP contribution in [0.25, 0.3) is 0 Å². The summed E-state index contributed by atoms with van der Waals surface area (Å²) in [6.07, 6.45) is 10.2. The first kappa shape index (κ1) is 19.7. The van der Waals surface area contributed by atoms with Crippen LogP contribution in [0.15, 0.2) is 6.20 Å². The van der Waals surface area contributed by atoms with E-state index in [1.165, 1.54) is 44.2 Å². The molecule has 0 atom stereocenters. The van der Waals surface area contributed by atoms with E-state index in [1.54, 1.807) is 6.92 Å². The van der Waals surface area contributed by atoms with Crippen molar-refractivity contribution in [3.8, 4) is 5.75 Å². The van der Waals surface area contributed by atoms with Gasteiger partial charge in [0.05, 0.1) is 6.61 Å². The van der Waals surface area contributed by atoms with Crippen LogP contribution in [0, 0.1) is 18.8 Å². The molecule has 1 saturated carbocycles. The van der Waals surface area contributed by atoms with E-state index in [1.807, 2.05) is 6.20 Å². The van der Waals surface area contributed by atoms with E-state index < -0.39 is 0 Å². The summed E-state index contributed by atoms with van der Waals surface area (Å²) < 4.78 is 5.82. The van der Waals surface area contributed by atoms with Crippen LogP contribution in [0.2, 0.25) is 0 Å². The highest BCUT2D eigenvalue weighted by molar-refractivity contribution is 5.75. The highest BCUT2D eigenvalue weighted by Crippen LogP contribution is 2.36. The smallest absolute Gasteiger partial charge is 0.135 e. The van der Waals surface area contributed by atoms with Gasteiger partial charge in [0, 0.05) is 56.3 Å². The van der Waals surface area contributed by atoms with Gasteiger partial charge in [0.25, 0.3) is 0 Å². The molecule has 5 heteroatoms. The van der Waals surface area contributed by atoms with Crippen molar-refractivity contribution in [3.05, 3.63) is 17.3 Å². The molecule has 1 aliphatic carbocycles. The van der Waals surface area contributed by atoms with Crippen molar-refractivity contribution in [2.45, 2.75) is 58.8 Å². The zero-order chi connectivity index (χ0) is 19.5. The molecule has 1 saturated heterocycles. The fourth-order valence-electron chi connectivity index (χ4n) is 5.27. The average Bonchev–Trinajstić information content (AvgIpc) is 3.19. The number of ether oxygens (including phenoxy) is 1. The van der Waals surface area contributed by atoms with Crippen molar-refractivity contribution in [2.75, 3.05) is 44.2 Å². The van der Waals surface area contributed by atoms with Crippen LogP contribution in [0.4, 0.5) is 5.82 Å². The lowest BCUT2D eigenvalue weighted by molar-refractivity contribution is -0.118. The van der Waals surface area contributed by atoms with Gasteiger partial charge in [0.1, 0.15) is 17.4 Å². The molecule has 5 nitrogen and oxygen atoms in total. The van der Waals surface area contributed by atoms with Gasteiger partial charge in [0.15, 0.2) is 0 Å². The minimum absolute atomic E-state index is 0.363. The molecular weight excluding hydrogens is 350 g/mol. The Labute approximate surface area is 169 Å². The normalized spacial score (nSPS) is 25.4. The number of carbonyl (C=O) groups excluding carboxylic acids is 1. The summed E-state index contributed by atoms with van der Waals surface area (Å²) in [7, 11) is 0.